The van der Waals surface area contributed by atoms with Gasteiger partial charge in [-0.1, -0.05) is 87.8 Å². The first-order chi connectivity index (χ1) is 43.6. The molecular weight excluding hydrogens is 1210 g/mol. The summed E-state index contributed by atoms with van der Waals surface area (Å²) in [6, 6.07) is 18.7. The van der Waals surface area contributed by atoms with E-state index in [1.807, 2.05) is 107 Å². The van der Waals surface area contributed by atoms with E-state index in [1.54, 1.807) is 35.9 Å². The number of aliphatic hydroxyl groups excluding tert-OH is 1. The maximum absolute atomic E-state index is 14.6. The number of aliphatic hydroxyl groups is 1. The third-order valence-corrected chi connectivity index (χ3v) is 22.7. The number of benzene rings is 2. The molecule has 0 radical (unpaired) electrons. The van der Waals surface area contributed by atoms with E-state index < -0.39 is 45.4 Å². The van der Waals surface area contributed by atoms with Gasteiger partial charge in [-0.3, -0.25) is 34.0 Å². The number of hydrogen-bond acceptors (Lipinski definition) is 16. The summed E-state index contributed by atoms with van der Waals surface area (Å²) < 4.78 is 32.2. The highest BCUT2D eigenvalue weighted by Crippen LogP contribution is 2.60. The van der Waals surface area contributed by atoms with Gasteiger partial charge in [-0.25, -0.2) is 33.1 Å². The third-order valence-electron chi connectivity index (χ3n) is 19.5. The largest absolute Gasteiger partial charge is 0.391 e. The Morgan fingerprint density at radius 2 is 1.56 bits per heavy atom. The number of carbonyl (C=O) groups excluding carboxylic acids is 5. The zero-order chi connectivity index (χ0) is 63.9. The number of unbranched alkanes of at least 4 members (excludes halogenated alkanes) is 4. The number of hydrogen-bond donors (Lipinski definition) is 5. The molecular formula is C68H82N12O8S3. The number of nitrogens with zero attached hydrogens (tertiary/aromatic N) is 8. The van der Waals surface area contributed by atoms with Crippen molar-refractivity contribution in [2.24, 2.45) is 28.6 Å². The summed E-state index contributed by atoms with van der Waals surface area (Å²) in [7, 11) is -4.15. The van der Waals surface area contributed by atoms with Crippen molar-refractivity contribution in [2.45, 2.75) is 169 Å². The van der Waals surface area contributed by atoms with Crippen molar-refractivity contribution >= 4 is 83.5 Å². The first kappa shape index (κ1) is 63.7. The lowest BCUT2D eigenvalue weighted by Crippen LogP contribution is -2.57. The van der Waals surface area contributed by atoms with E-state index in [2.05, 4.69) is 40.3 Å². The van der Waals surface area contributed by atoms with E-state index in [1.165, 1.54) is 54.8 Å². The van der Waals surface area contributed by atoms with Crippen molar-refractivity contribution in [1.82, 2.24) is 50.0 Å². The summed E-state index contributed by atoms with van der Waals surface area (Å²) in [4.78, 5) is 93.7. The smallest absolute Gasteiger partial charge is 0.284 e. The van der Waals surface area contributed by atoms with Gasteiger partial charge in [0.15, 0.2) is 5.13 Å². The molecule has 5 amide bonds. The van der Waals surface area contributed by atoms with Crippen LogP contribution in [-0.4, -0.2) is 115 Å². The maximum atomic E-state index is 14.6. The van der Waals surface area contributed by atoms with E-state index >= 15 is 0 Å². The van der Waals surface area contributed by atoms with Gasteiger partial charge < -0.3 is 25.5 Å². The lowest BCUT2D eigenvalue weighted by Gasteiger charge is -2.56. The highest BCUT2D eigenvalue weighted by atomic mass is 32.2. The standard InChI is InChI=1S/C68H82N12O8S3/c1-40(46-18-20-48(21-19-46)59-41(2)70-39-89-59)72-62(84)55-31-49(81)36-79(55)65(86)60(67(4,5)6)75-57(82)17-10-8-7-9-11-27-91(87,88)77-63(85)58-50(52-35-71-80(42(52)3)38-68-32-43-28-44(33-68)30-45(29-43)34-68)22-23-56(74-58)78-26-24-47-14-12-15-51(53(47)37-78)61(83)76-66-73-54-16-13-25-69-64(54)90-66/h12-16,18-23,25,35,39-40,43-45,49,55,60,81H,7-11,17,24,26-34,36-38H2,1-6H3,(H,72,84)(H,75,82)(H,77,85)(H,73,76,83)/t40-,43?,44?,45?,49+,55-,60+,68?/m0/s1. The van der Waals surface area contributed by atoms with Gasteiger partial charge in [0.25, 0.3) is 11.8 Å². The van der Waals surface area contributed by atoms with Gasteiger partial charge >= 0.3 is 0 Å². The molecule has 5 N–H and O–H groups in total. The number of β-amino-alcohol motifs (C(OH)–C–C–N with tert-alkyl or cyclic N) is 1. The van der Waals surface area contributed by atoms with Crippen molar-refractivity contribution in [3.63, 3.8) is 0 Å². The summed E-state index contributed by atoms with van der Waals surface area (Å²) in [5.41, 5.74) is 9.20. The Morgan fingerprint density at radius 1 is 0.824 bits per heavy atom. The number of aryl methyl sites for hydroxylation is 1. The molecule has 20 nitrogen and oxygen atoms in total. The molecule has 1 saturated heterocycles. The Hall–Kier alpha value is -7.47. The van der Waals surface area contributed by atoms with Gasteiger partial charge in [-0.2, -0.15) is 5.10 Å². The lowest BCUT2D eigenvalue weighted by molar-refractivity contribution is -0.144. The summed E-state index contributed by atoms with van der Waals surface area (Å²) in [5, 5.41) is 25.1. The minimum Gasteiger partial charge on any atom is -0.391 e. The van der Waals surface area contributed by atoms with Crippen molar-refractivity contribution in [3.8, 4) is 21.6 Å². The Kier molecular flexibility index (Phi) is 18.4. The van der Waals surface area contributed by atoms with Crippen LogP contribution in [0.2, 0.25) is 0 Å². The molecule has 6 aliphatic rings. The van der Waals surface area contributed by atoms with Crippen LogP contribution in [0.3, 0.4) is 0 Å². The average molecular weight is 1290 g/mol. The summed E-state index contributed by atoms with van der Waals surface area (Å²) in [6.45, 7) is 13.0. The average Bonchev–Trinajstić information content (AvgIpc) is 1.71. The fraction of sp³-hybridized carbons (Fsp3) is 0.500. The van der Waals surface area contributed by atoms with Crippen LogP contribution >= 0.6 is 22.7 Å². The monoisotopic (exact) mass is 1290 g/mol. The van der Waals surface area contributed by atoms with Gasteiger partial charge in [0, 0.05) is 67.6 Å². The molecule has 2 aromatic carbocycles. The summed E-state index contributed by atoms with van der Waals surface area (Å²) in [5.74, 6) is 0.153. The normalized spacial score (nSPS) is 21.8. The van der Waals surface area contributed by atoms with Crippen LogP contribution in [0.1, 0.15) is 166 Å². The van der Waals surface area contributed by atoms with Crippen LogP contribution in [0.25, 0.3) is 31.9 Å². The molecule has 5 aromatic heterocycles. The molecule has 7 aromatic rings. The van der Waals surface area contributed by atoms with Gasteiger partial charge in [0.05, 0.1) is 40.2 Å². The lowest BCUT2D eigenvalue weighted by atomic mass is 9.49. The predicted octanol–water partition coefficient (Wildman–Crippen LogP) is 10.5. The van der Waals surface area contributed by atoms with Gasteiger partial charge in [0.2, 0.25) is 27.7 Å². The van der Waals surface area contributed by atoms with Crippen LogP contribution in [0.5, 0.6) is 0 Å². The maximum Gasteiger partial charge on any atom is 0.284 e. The Labute approximate surface area is 539 Å². The van der Waals surface area contributed by atoms with E-state index in [0.717, 1.165) is 67.6 Å². The molecule has 2 aliphatic heterocycles. The molecule has 0 unspecified atom stereocenters. The number of thiazole rings is 2. The van der Waals surface area contributed by atoms with Gasteiger partial charge in [-0.05, 0) is 160 Å². The second-order valence-electron chi connectivity index (χ2n) is 27.3. The Balaban J connectivity index is 0.663. The van der Waals surface area contributed by atoms with Crippen LogP contribution in [0.15, 0.2) is 84.6 Å². The number of carbonyl (C=O) groups is 5. The first-order valence-electron chi connectivity index (χ1n) is 32.1. The minimum atomic E-state index is -4.15. The Bertz CT molecular complexity index is 3940. The van der Waals surface area contributed by atoms with E-state index in [4.69, 9.17) is 10.1 Å². The van der Waals surface area contributed by atoms with Crippen molar-refractivity contribution in [2.75, 3.05) is 29.1 Å². The number of aromatic nitrogens is 6. The molecule has 4 bridgehead atoms. The molecule has 4 atom stereocenters. The van der Waals surface area contributed by atoms with E-state index in [9.17, 15) is 37.5 Å². The SMILES string of the molecule is Cc1ncsc1-c1ccc([C@H](C)NC(=O)[C@@H]2C[C@@H](O)CN2C(=O)[C@@H](NC(=O)CCCCCCCS(=O)(=O)NC(=O)c2nc(N3CCc4cccc(C(=O)Nc5nc6cccnc6s5)c4C3)ccc2-c2cnn(CC34CC5CC(CC(C5)C3)C4)c2C)C(C)(C)C)cc1. The molecule has 23 heteroatoms. The topological polar surface area (TPSA) is 264 Å². The zero-order valence-electron chi connectivity index (χ0n) is 52.7. The summed E-state index contributed by atoms with van der Waals surface area (Å²) >= 11 is 2.86. The van der Waals surface area contributed by atoms with E-state index in [0.29, 0.717) is 78.4 Å². The number of anilines is 2. The van der Waals surface area contributed by atoms with Crippen molar-refractivity contribution < 1.29 is 37.5 Å². The van der Waals surface area contributed by atoms with Gasteiger partial charge in [-0.15, -0.1) is 11.3 Å². The molecule has 4 aliphatic carbocycles. The Morgan fingerprint density at radius 3 is 2.27 bits per heavy atom. The number of pyridine rings is 2. The molecule has 480 valence electrons. The molecule has 4 saturated carbocycles. The molecule has 5 fully saturated rings. The number of rotatable bonds is 22. The van der Waals surface area contributed by atoms with Crippen LogP contribution in [0, 0.1) is 42.4 Å². The number of amides is 5. The highest BCUT2D eigenvalue weighted by molar-refractivity contribution is 7.90. The van der Waals surface area contributed by atoms with Crippen LogP contribution in [-0.2, 0) is 43.9 Å². The fourth-order valence-electron chi connectivity index (χ4n) is 15.3. The van der Waals surface area contributed by atoms with Crippen molar-refractivity contribution in [1.29, 1.82) is 0 Å². The summed E-state index contributed by atoms with van der Waals surface area (Å²) in [6.07, 6.45) is 13.5. The van der Waals surface area contributed by atoms with Crippen molar-refractivity contribution in [3.05, 3.63) is 124 Å². The highest BCUT2D eigenvalue weighted by Gasteiger charge is 2.51. The molecule has 13 rings (SSSR count). The number of likely N-dealkylation sites (tertiary alicyclic amines) is 1. The van der Waals surface area contributed by atoms with Crippen LogP contribution < -0.4 is 25.6 Å². The number of fused-ring (bicyclic) bond motifs is 2. The number of sulfonamides is 1. The second-order valence-corrected chi connectivity index (χ2v) is 31.0. The third kappa shape index (κ3) is 14.1. The predicted molar refractivity (Wildman–Crippen MR) is 353 cm³/mol. The second kappa shape index (κ2) is 26.3. The zero-order valence-corrected chi connectivity index (χ0v) is 55.1. The molecule has 91 heavy (non-hydrogen) atoms. The molecule has 7 heterocycles. The van der Waals surface area contributed by atoms with Gasteiger partial charge in [0.1, 0.15) is 33.9 Å². The number of nitrogens with one attached hydrogen (secondary N) is 4. The quantitative estimate of drug-likeness (QED) is 0.0395. The van der Waals surface area contributed by atoms with E-state index in [-0.39, 0.29) is 66.4 Å². The minimum absolute atomic E-state index is 0.0392. The molecule has 0 spiro atoms. The van der Waals surface area contributed by atoms with Crippen LogP contribution in [0.4, 0.5) is 10.9 Å². The first-order valence-corrected chi connectivity index (χ1v) is 35.5. The fourth-order valence-corrected chi connectivity index (χ4v) is 17.9.